The Bertz CT molecular complexity index is 324. The van der Waals surface area contributed by atoms with Gasteiger partial charge in [0.05, 0.1) is 0 Å². The maximum absolute atomic E-state index is 4.06. The van der Waals surface area contributed by atoms with Crippen LogP contribution in [0.1, 0.15) is 6.42 Å². The monoisotopic (exact) mass is 156 g/mol. The standard InChI is InChI=1S/C12H12/c1-9-5-3-7-11-8-4-6-10(2)12(9)11/h3-5,7-8,12H,1-2,6H2. The molecule has 0 aromatic rings. The van der Waals surface area contributed by atoms with E-state index in [0.29, 0.717) is 5.92 Å². The molecular formula is C12H12. The average molecular weight is 156 g/mol. The normalized spacial score (nSPS) is 27.0. The van der Waals surface area contributed by atoms with Gasteiger partial charge in [-0.3, -0.25) is 0 Å². The van der Waals surface area contributed by atoms with Crippen LogP contribution in [0.5, 0.6) is 0 Å². The van der Waals surface area contributed by atoms with Crippen LogP contribution in [0.25, 0.3) is 0 Å². The highest BCUT2D eigenvalue weighted by molar-refractivity contribution is 5.49. The SMILES string of the molecule is C=C1C=CC=C2C=CCC(=C)C12. The van der Waals surface area contributed by atoms with Gasteiger partial charge in [0, 0.05) is 5.92 Å². The Balaban J connectivity index is 2.46. The highest BCUT2D eigenvalue weighted by Gasteiger charge is 2.21. The lowest BCUT2D eigenvalue weighted by atomic mass is 9.78. The van der Waals surface area contributed by atoms with E-state index in [-0.39, 0.29) is 0 Å². The molecule has 12 heavy (non-hydrogen) atoms. The minimum atomic E-state index is 0.389. The highest BCUT2D eigenvalue weighted by atomic mass is 14.2. The topological polar surface area (TPSA) is 0 Å². The summed E-state index contributed by atoms with van der Waals surface area (Å²) in [6.45, 7) is 8.09. The molecule has 0 heterocycles. The summed E-state index contributed by atoms with van der Waals surface area (Å²) in [4.78, 5) is 0. The van der Waals surface area contributed by atoms with Crippen LogP contribution in [0.3, 0.4) is 0 Å². The van der Waals surface area contributed by atoms with E-state index >= 15 is 0 Å². The van der Waals surface area contributed by atoms with Crippen molar-refractivity contribution in [2.24, 2.45) is 5.92 Å². The van der Waals surface area contributed by atoms with E-state index in [4.69, 9.17) is 0 Å². The maximum Gasteiger partial charge on any atom is 0.0293 e. The number of rotatable bonds is 0. The van der Waals surface area contributed by atoms with Crippen LogP contribution in [0, 0.1) is 5.92 Å². The van der Waals surface area contributed by atoms with Crippen LogP contribution in [0.15, 0.2) is 60.3 Å². The summed E-state index contributed by atoms with van der Waals surface area (Å²) in [5.74, 6) is 0.389. The molecule has 0 nitrogen and oxygen atoms in total. The first-order chi connectivity index (χ1) is 5.79. The molecule has 0 amide bonds. The molecule has 0 aromatic heterocycles. The van der Waals surface area contributed by atoms with Gasteiger partial charge in [-0.1, -0.05) is 49.1 Å². The van der Waals surface area contributed by atoms with Crippen molar-refractivity contribution in [3.05, 3.63) is 60.3 Å². The van der Waals surface area contributed by atoms with Crippen molar-refractivity contribution in [1.29, 1.82) is 0 Å². The lowest BCUT2D eigenvalue weighted by molar-refractivity contribution is 0.826. The molecule has 0 spiro atoms. The van der Waals surface area contributed by atoms with Crippen LogP contribution in [0.2, 0.25) is 0 Å². The van der Waals surface area contributed by atoms with Crippen LogP contribution < -0.4 is 0 Å². The summed E-state index contributed by atoms with van der Waals surface area (Å²) in [7, 11) is 0. The third-order valence-electron chi connectivity index (χ3n) is 2.40. The molecule has 1 atom stereocenters. The van der Waals surface area contributed by atoms with Crippen molar-refractivity contribution in [3.8, 4) is 0 Å². The largest absolute Gasteiger partial charge is 0.0986 e. The summed E-state index contributed by atoms with van der Waals surface area (Å²) in [6.07, 6.45) is 11.6. The molecule has 0 radical (unpaired) electrons. The smallest absolute Gasteiger partial charge is 0.0293 e. The van der Waals surface area contributed by atoms with Gasteiger partial charge in [0.1, 0.15) is 0 Å². The van der Waals surface area contributed by atoms with E-state index in [2.05, 4.69) is 43.5 Å². The fraction of sp³-hybridized carbons (Fsp3) is 0.167. The predicted octanol–water partition coefficient (Wildman–Crippen LogP) is 3.17. The van der Waals surface area contributed by atoms with Gasteiger partial charge in [0.25, 0.3) is 0 Å². The van der Waals surface area contributed by atoms with Crippen LogP contribution in [-0.4, -0.2) is 0 Å². The molecule has 0 saturated heterocycles. The Hall–Kier alpha value is -1.30. The van der Waals surface area contributed by atoms with Crippen molar-refractivity contribution >= 4 is 0 Å². The number of hydrogen-bond acceptors (Lipinski definition) is 0. The first kappa shape index (κ1) is 7.35. The zero-order chi connectivity index (χ0) is 8.55. The molecule has 2 aliphatic rings. The van der Waals surface area contributed by atoms with Gasteiger partial charge in [0.2, 0.25) is 0 Å². The Morgan fingerprint density at radius 1 is 1.25 bits per heavy atom. The van der Waals surface area contributed by atoms with Gasteiger partial charge in [-0.2, -0.15) is 0 Å². The summed E-state index contributed by atoms with van der Waals surface area (Å²) in [6, 6.07) is 0. The molecule has 0 heteroatoms. The predicted molar refractivity (Wildman–Crippen MR) is 52.8 cm³/mol. The maximum atomic E-state index is 4.06. The van der Waals surface area contributed by atoms with Crippen molar-refractivity contribution in [2.45, 2.75) is 6.42 Å². The Kier molecular flexibility index (Phi) is 1.61. The number of hydrogen-bond donors (Lipinski definition) is 0. The molecule has 0 saturated carbocycles. The zero-order valence-electron chi connectivity index (χ0n) is 7.09. The summed E-state index contributed by atoms with van der Waals surface area (Å²) >= 11 is 0. The van der Waals surface area contributed by atoms with Gasteiger partial charge in [-0.05, 0) is 17.6 Å². The van der Waals surface area contributed by atoms with E-state index in [1.54, 1.807) is 0 Å². The van der Waals surface area contributed by atoms with Gasteiger partial charge in [-0.15, -0.1) is 0 Å². The number of allylic oxidation sites excluding steroid dienone is 8. The number of fused-ring (bicyclic) bond motifs is 1. The lowest BCUT2D eigenvalue weighted by Crippen LogP contribution is -2.12. The van der Waals surface area contributed by atoms with Crippen LogP contribution >= 0.6 is 0 Å². The van der Waals surface area contributed by atoms with Gasteiger partial charge in [-0.25, -0.2) is 0 Å². The second-order valence-corrected chi connectivity index (χ2v) is 3.30. The van der Waals surface area contributed by atoms with Crippen molar-refractivity contribution in [1.82, 2.24) is 0 Å². The van der Waals surface area contributed by atoms with E-state index in [1.165, 1.54) is 16.7 Å². The average Bonchev–Trinajstić information content (AvgIpc) is 2.04. The minimum Gasteiger partial charge on any atom is -0.0986 e. The quantitative estimate of drug-likeness (QED) is 0.472. The van der Waals surface area contributed by atoms with Crippen molar-refractivity contribution < 1.29 is 0 Å². The van der Waals surface area contributed by atoms with E-state index in [0.717, 1.165) is 6.42 Å². The zero-order valence-corrected chi connectivity index (χ0v) is 7.09. The molecule has 0 fully saturated rings. The molecule has 0 aliphatic heterocycles. The molecule has 1 unspecified atom stereocenters. The van der Waals surface area contributed by atoms with E-state index < -0.39 is 0 Å². The molecule has 60 valence electrons. The summed E-state index contributed by atoms with van der Waals surface area (Å²) in [5.41, 5.74) is 3.76. The van der Waals surface area contributed by atoms with Crippen molar-refractivity contribution in [3.63, 3.8) is 0 Å². The molecule has 0 N–H and O–H groups in total. The second-order valence-electron chi connectivity index (χ2n) is 3.30. The summed E-state index contributed by atoms with van der Waals surface area (Å²) < 4.78 is 0. The third-order valence-corrected chi connectivity index (χ3v) is 2.40. The molecular weight excluding hydrogens is 144 g/mol. The first-order valence-electron chi connectivity index (χ1n) is 4.20. The Morgan fingerprint density at radius 2 is 2.08 bits per heavy atom. The fourth-order valence-corrected chi connectivity index (χ4v) is 1.80. The molecule has 2 rings (SSSR count). The molecule has 0 aromatic carbocycles. The molecule has 2 aliphatic carbocycles. The van der Waals surface area contributed by atoms with Crippen molar-refractivity contribution in [2.75, 3.05) is 0 Å². The van der Waals surface area contributed by atoms with E-state index in [1.807, 2.05) is 0 Å². The minimum absolute atomic E-state index is 0.389. The lowest BCUT2D eigenvalue weighted by Gasteiger charge is -2.26. The second kappa shape index (κ2) is 2.63. The Morgan fingerprint density at radius 3 is 2.83 bits per heavy atom. The third kappa shape index (κ3) is 1.00. The van der Waals surface area contributed by atoms with Crippen LogP contribution in [-0.2, 0) is 0 Å². The Labute approximate surface area is 73.3 Å². The fourth-order valence-electron chi connectivity index (χ4n) is 1.80. The highest BCUT2D eigenvalue weighted by Crippen LogP contribution is 2.35. The molecule has 0 bridgehead atoms. The van der Waals surface area contributed by atoms with Gasteiger partial charge < -0.3 is 0 Å². The summed E-state index contributed by atoms with van der Waals surface area (Å²) in [5, 5.41) is 0. The van der Waals surface area contributed by atoms with Gasteiger partial charge in [0.15, 0.2) is 0 Å². The van der Waals surface area contributed by atoms with Gasteiger partial charge >= 0.3 is 0 Å². The van der Waals surface area contributed by atoms with Crippen LogP contribution in [0.4, 0.5) is 0 Å². The first-order valence-corrected chi connectivity index (χ1v) is 4.20. The van der Waals surface area contributed by atoms with E-state index in [9.17, 15) is 0 Å².